The van der Waals surface area contributed by atoms with E-state index < -0.39 is 22.9 Å². The quantitative estimate of drug-likeness (QED) is 0.735. The van der Waals surface area contributed by atoms with Gasteiger partial charge in [-0.3, -0.25) is 4.79 Å². The topological polar surface area (TPSA) is 74.6 Å². The van der Waals surface area contributed by atoms with Gasteiger partial charge >= 0.3 is 5.97 Å². The second kappa shape index (κ2) is 4.38. The molecule has 0 radical (unpaired) electrons. The van der Waals surface area contributed by atoms with Gasteiger partial charge < -0.3 is 15.0 Å². The Kier molecular flexibility index (Phi) is 3.05. The van der Waals surface area contributed by atoms with Crippen LogP contribution in [0.25, 0.3) is 0 Å². The first kappa shape index (κ1) is 12.5. The summed E-state index contributed by atoms with van der Waals surface area (Å²) in [6.07, 6.45) is 13.6. The predicted molar refractivity (Wildman–Crippen MR) is 65.7 cm³/mol. The summed E-state index contributed by atoms with van der Waals surface area (Å²) in [5.74, 6) is -2.29. The Hall–Kier alpha value is -1.94. The SMILES string of the molecule is O=CC1(C2(O)C=CC=CC2C(=O)O)C=CC=CC1. The maximum absolute atomic E-state index is 11.5. The highest BCUT2D eigenvalue weighted by atomic mass is 16.4. The molecule has 0 aromatic rings. The van der Waals surface area contributed by atoms with E-state index in [-0.39, 0.29) is 6.42 Å². The lowest BCUT2D eigenvalue weighted by Gasteiger charge is -2.44. The summed E-state index contributed by atoms with van der Waals surface area (Å²) in [5, 5.41) is 20.0. The Bertz CT molecular complexity index is 486. The number of carbonyl (C=O) groups excluding carboxylic acids is 1. The van der Waals surface area contributed by atoms with E-state index in [9.17, 15) is 19.8 Å². The molecule has 0 spiro atoms. The van der Waals surface area contributed by atoms with E-state index in [0.717, 1.165) is 0 Å². The second-order valence-electron chi connectivity index (χ2n) is 4.53. The van der Waals surface area contributed by atoms with Crippen molar-refractivity contribution in [1.29, 1.82) is 0 Å². The maximum atomic E-state index is 11.5. The van der Waals surface area contributed by atoms with Gasteiger partial charge in [-0.2, -0.15) is 0 Å². The van der Waals surface area contributed by atoms with Gasteiger partial charge in [0.05, 0.1) is 5.41 Å². The molecule has 4 heteroatoms. The van der Waals surface area contributed by atoms with Gasteiger partial charge in [0.25, 0.3) is 0 Å². The van der Waals surface area contributed by atoms with Crippen LogP contribution in [0.1, 0.15) is 6.42 Å². The number of aliphatic carboxylic acids is 1. The number of hydrogen-bond donors (Lipinski definition) is 2. The smallest absolute Gasteiger partial charge is 0.313 e. The van der Waals surface area contributed by atoms with E-state index in [0.29, 0.717) is 6.29 Å². The molecule has 2 N–H and O–H groups in total. The van der Waals surface area contributed by atoms with Crippen molar-refractivity contribution in [2.24, 2.45) is 11.3 Å². The molecule has 0 amide bonds. The lowest BCUT2D eigenvalue weighted by molar-refractivity contribution is -0.153. The average Bonchev–Trinajstić information content (AvgIpc) is 2.39. The maximum Gasteiger partial charge on any atom is 0.313 e. The Balaban J connectivity index is 2.51. The fourth-order valence-corrected chi connectivity index (χ4v) is 2.46. The zero-order valence-corrected chi connectivity index (χ0v) is 9.69. The molecule has 0 heterocycles. The standard InChI is InChI=1S/C14H14O4/c15-10-13(7-3-1-4-8-13)14(18)9-5-2-6-11(14)12(16)17/h1-7,9-11,18H,8H2,(H,16,17). The van der Waals surface area contributed by atoms with Crippen LogP contribution in [0.2, 0.25) is 0 Å². The minimum absolute atomic E-state index is 0.283. The minimum Gasteiger partial charge on any atom is -0.481 e. The van der Waals surface area contributed by atoms with E-state index in [1.165, 1.54) is 12.2 Å². The molecule has 3 unspecified atom stereocenters. The third kappa shape index (κ3) is 1.66. The van der Waals surface area contributed by atoms with E-state index in [4.69, 9.17) is 0 Å². The normalized spacial score (nSPS) is 37.7. The van der Waals surface area contributed by atoms with E-state index in [1.807, 2.05) is 0 Å². The number of rotatable bonds is 3. The Morgan fingerprint density at radius 2 is 1.94 bits per heavy atom. The molecule has 0 bridgehead atoms. The summed E-state index contributed by atoms with van der Waals surface area (Å²) < 4.78 is 0. The average molecular weight is 246 g/mol. The molecular formula is C14H14O4. The van der Waals surface area contributed by atoms with E-state index in [1.54, 1.807) is 36.5 Å². The Morgan fingerprint density at radius 1 is 1.22 bits per heavy atom. The minimum atomic E-state index is -1.74. The van der Waals surface area contributed by atoms with Gasteiger partial charge in [-0.05, 0) is 6.42 Å². The molecule has 2 aliphatic carbocycles. The highest BCUT2D eigenvalue weighted by Crippen LogP contribution is 2.45. The van der Waals surface area contributed by atoms with Gasteiger partial charge in [0.2, 0.25) is 0 Å². The van der Waals surface area contributed by atoms with Crippen LogP contribution >= 0.6 is 0 Å². The van der Waals surface area contributed by atoms with Crippen molar-refractivity contribution in [3.8, 4) is 0 Å². The first-order valence-electron chi connectivity index (χ1n) is 5.68. The number of aliphatic hydroxyl groups is 1. The molecule has 3 atom stereocenters. The van der Waals surface area contributed by atoms with Gasteiger partial charge in [-0.25, -0.2) is 0 Å². The summed E-state index contributed by atoms with van der Waals surface area (Å²) in [6, 6.07) is 0. The molecule has 2 rings (SSSR count). The third-order valence-corrected chi connectivity index (χ3v) is 3.56. The predicted octanol–water partition coefficient (Wildman–Crippen LogP) is 1.25. The van der Waals surface area contributed by atoms with Crippen LogP contribution in [0.15, 0.2) is 48.6 Å². The van der Waals surface area contributed by atoms with Gasteiger partial charge in [0.1, 0.15) is 17.8 Å². The van der Waals surface area contributed by atoms with Gasteiger partial charge in [-0.15, -0.1) is 0 Å². The molecule has 2 aliphatic rings. The fraction of sp³-hybridized carbons (Fsp3) is 0.286. The van der Waals surface area contributed by atoms with Crippen molar-refractivity contribution in [3.05, 3.63) is 48.6 Å². The molecule has 0 aromatic carbocycles. The number of allylic oxidation sites excluding steroid dienone is 5. The van der Waals surface area contributed by atoms with Crippen molar-refractivity contribution in [2.45, 2.75) is 12.0 Å². The number of hydrogen-bond acceptors (Lipinski definition) is 3. The number of carbonyl (C=O) groups is 2. The highest BCUT2D eigenvalue weighted by Gasteiger charge is 2.54. The molecule has 0 saturated heterocycles. The van der Waals surface area contributed by atoms with Crippen LogP contribution in [0.3, 0.4) is 0 Å². The van der Waals surface area contributed by atoms with Crippen LogP contribution in [0.4, 0.5) is 0 Å². The monoisotopic (exact) mass is 246 g/mol. The first-order valence-corrected chi connectivity index (χ1v) is 5.68. The van der Waals surface area contributed by atoms with Gasteiger partial charge in [-0.1, -0.05) is 48.6 Å². The molecule has 0 fully saturated rings. The molecule has 0 aliphatic heterocycles. The Labute approximate surface area is 105 Å². The highest BCUT2D eigenvalue weighted by molar-refractivity contribution is 5.79. The van der Waals surface area contributed by atoms with Crippen LogP contribution < -0.4 is 0 Å². The fourth-order valence-electron chi connectivity index (χ4n) is 2.46. The van der Waals surface area contributed by atoms with Crippen molar-refractivity contribution in [3.63, 3.8) is 0 Å². The zero-order chi connectivity index (χ0) is 13.2. The third-order valence-electron chi connectivity index (χ3n) is 3.56. The van der Waals surface area contributed by atoms with Crippen molar-refractivity contribution in [1.82, 2.24) is 0 Å². The molecule has 94 valence electrons. The summed E-state index contributed by atoms with van der Waals surface area (Å²) in [6.45, 7) is 0. The van der Waals surface area contributed by atoms with Crippen molar-refractivity contribution in [2.75, 3.05) is 0 Å². The lowest BCUT2D eigenvalue weighted by Crippen LogP contribution is -2.55. The van der Waals surface area contributed by atoms with Crippen LogP contribution in [0, 0.1) is 11.3 Å². The molecule has 0 aromatic heterocycles. The van der Waals surface area contributed by atoms with Gasteiger partial charge in [0.15, 0.2) is 0 Å². The largest absolute Gasteiger partial charge is 0.481 e. The summed E-state index contributed by atoms with van der Waals surface area (Å²) in [5.41, 5.74) is -2.97. The molecule has 0 saturated carbocycles. The summed E-state index contributed by atoms with van der Waals surface area (Å²) in [7, 11) is 0. The lowest BCUT2D eigenvalue weighted by atomic mass is 9.62. The molecule has 18 heavy (non-hydrogen) atoms. The summed E-state index contributed by atoms with van der Waals surface area (Å²) in [4.78, 5) is 22.7. The molecule has 4 nitrogen and oxygen atoms in total. The van der Waals surface area contributed by atoms with Crippen molar-refractivity contribution < 1.29 is 19.8 Å². The zero-order valence-electron chi connectivity index (χ0n) is 9.69. The first-order chi connectivity index (χ1) is 8.56. The number of aldehydes is 1. The van der Waals surface area contributed by atoms with Gasteiger partial charge in [0, 0.05) is 0 Å². The second-order valence-corrected chi connectivity index (χ2v) is 4.53. The molecular weight excluding hydrogens is 232 g/mol. The summed E-state index contributed by atoms with van der Waals surface area (Å²) >= 11 is 0. The van der Waals surface area contributed by atoms with Crippen LogP contribution in [-0.2, 0) is 9.59 Å². The van der Waals surface area contributed by atoms with E-state index in [2.05, 4.69) is 0 Å². The number of carboxylic acid groups (broad SMARTS) is 1. The van der Waals surface area contributed by atoms with Crippen LogP contribution in [0.5, 0.6) is 0 Å². The van der Waals surface area contributed by atoms with E-state index >= 15 is 0 Å². The van der Waals surface area contributed by atoms with Crippen molar-refractivity contribution >= 4 is 12.3 Å². The Morgan fingerprint density at radius 3 is 2.50 bits per heavy atom. The number of carboxylic acids is 1. The van der Waals surface area contributed by atoms with Crippen LogP contribution in [-0.4, -0.2) is 28.1 Å².